The Kier molecular flexibility index (Phi) is 8.57. The van der Waals surface area contributed by atoms with Crippen molar-refractivity contribution in [1.82, 2.24) is 10.6 Å². The van der Waals surface area contributed by atoms with Gasteiger partial charge in [-0.3, -0.25) is 14.4 Å². The van der Waals surface area contributed by atoms with E-state index in [1.54, 1.807) is 26.0 Å². The van der Waals surface area contributed by atoms with E-state index in [1.807, 2.05) is 30.3 Å². The molecule has 0 aliphatic carbocycles. The molecule has 0 bridgehead atoms. The zero-order valence-corrected chi connectivity index (χ0v) is 17.7. The van der Waals surface area contributed by atoms with Crippen LogP contribution in [0.25, 0.3) is 0 Å². The van der Waals surface area contributed by atoms with E-state index < -0.39 is 35.8 Å². The van der Waals surface area contributed by atoms with E-state index in [0.717, 1.165) is 11.1 Å². The molecule has 0 fully saturated rings. The number of rotatable bonds is 10. The van der Waals surface area contributed by atoms with Gasteiger partial charge in [0, 0.05) is 6.42 Å². The molecule has 0 unspecified atom stereocenters. The molecule has 166 valence electrons. The normalized spacial score (nSPS) is 13.8. The highest BCUT2D eigenvalue weighted by atomic mass is 16.3. The molecular weight excluding hydrogens is 396 g/mol. The van der Waals surface area contributed by atoms with Crippen molar-refractivity contribution in [2.75, 3.05) is 0 Å². The highest BCUT2D eigenvalue weighted by Gasteiger charge is 2.29. The Morgan fingerprint density at radius 3 is 2.00 bits per heavy atom. The Labute approximate surface area is 182 Å². The van der Waals surface area contributed by atoms with Crippen molar-refractivity contribution in [2.24, 2.45) is 17.4 Å². The Bertz CT molecular complexity index is 884. The SMILES string of the molecule is CC(C)[C@H](NC(=O)[C@H](Cc1ccccc1)NC(=O)[C@@H](N)Cc1ccc(O)cc1)C(N)=O. The van der Waals surface area contributed by atoms with Crippen molar-refractivity contribution < 1.29 is 19.5 Å². The predicted molar refractivity (Wildman–Crippen MR) is 118 cm³/mol. The number of amides is 3. The maximum atomic E-state index is 12.9. The number of phenols is 1. The van der Waals surface area contributed by atoms with Crippen LogP contribution >= 0.6 is 0 Å². The van der Waals surface area contributed by atoms with Gasteiger partial charge >= 0.3 is 0 Å². The third kappa shape index (κ3) is 7.42. The number of carbonyl (C=O) groups excluding carboxylic acids is 3. The van der Waals surface area contributed by atoms with Crippen LogP contribution in [0.4, 0.5) is 0 Å². The summed E-state index contributed by atoms with van der Waals surface area (Å²) < 4.78 is 0. The molecule has 3 atom stereocenters. The average Bonchev–Trinajstić information content (AvgIpc) is 2.73. The molecule has 8 heteroatoms. The summed E-state index contributed by atoms with van der Waals surface area (Å²) in [7, 11) is 0. The monoisotopic (exact) mass is 426 g/mol. The summed E-state index contributed by atoms with van der Waals surface area (Å²) >= 11 is 0. The van der Waals surface area contributed by atoms with Crippen LogP contribution in [-0.4, -0.2) is 41.0 Å². The van der Waals surface area contributed by atoms with E-state index in [0.29, 0.717) is 0 Å². The molecule has 2 aromatic carbocycles. The molecule has 0 spiro atoms. The molecule has 3 amide bonds. The summed E-state index contributed by atoms with van der Waals surface area (Å²) in [5.74, 6) is -1.73. The molecule has 0 aromatic heterocycles. The fraction of sp³-hybridized carbons (Fsp3) is 0.348. The van der Waals surface area contributed by atoms with Crippen molar-refractivity contribution in [3.63, 3.8) is 0 Å². The highest BCUT2D eigenvalue weighted by molar-refractivity contribution is 5.93. The second-order valence-corrected chi connectivity index (χ2v) is 7.86. The minimum atomic E-state index is -0.929. The van der Waals surface area contributed by atoms with E-state index in [-0.39, 0.29) is 24.5 Å². The lowest BCUT2D eigenvalue weighted by molar-refractivity contribution is -0.132. The van der Waals surface area contributed by atoms with Crippen molar-refractivity contribution in [2.45, 2.75) is 44.8 Å². The lowest BCUT2D eigenvalue weighted by Crippen LogP contribution is -2.57. The number of benzene rings is 2. The van der Waals surface area contributed by atoms with Crippen molar-refractivity contribution in [3.8, 4) is 5.75 Å². The van der Waals surface area contributed by atoms with Gasteiger partial charge in [0.05, 0.1) is 6.04 Å². The number of nitrogens with two attached hydrogens (primary N) is 2. The standard InChI is InChI=1S/C23H30N4O4/c1-14(2)20(21(25)29)27-23(31)19(13-15-6-4-3-5-7-15)26-22(30)18(24)12-16-8-10-17(28)11-9-16/h3-11,14,18-20,28H,12-13,24H2,1-2H3,(H2,25,29)(H,26,30)(H,27,31)/t18-,19-,20-/m0/s1. The van der Waals surface area contributed by atoms with E-state index in [2.05, 4.69) is 10.6 Å². The second kappa shape index (κ2) is 11.1. The van der Waals surface area contributed by atoms with Gasteiger partial charge in [-0.15, -0.1) is 0 Å². The number of phenolic OH excluding ortho intramolecular Hbond substituents is 1. The average molecular weight is 427 g/mol. The van der Waals surface area contributed by atoms with Gasteiger partial charge in [0.15, 0.2) is 0 Å². The van der Waals surface area contributed by atoms with Crippen LogP contribution in [0.1, 0.15) is 25.0 Å². The topological polar surface area (TPSA) is 148 Å². The largest absolute Gasteiger partial charge is 0.508 e. The maximum absolute atomic E-state index is 12.9. The molecule has 0 saturated heterocycles. The van der Waals surface area contributed by atoms with Crippen molar-refractivity contribution >= 4 is 17.7 Å². The number of carbonyl (C=O) groups is 3. The maximum Gasteiger partial charge on any atom is 0.243 e. The van der Waals surface area contributed by atoms with E-state index in [1.165, 1.54) is 12.1 Å². The summed E-state index contributed by atoms with van der Waals surface area (Å²) in [6.45, 7) is 3.54. The first-order valence-electron chi connectivity index (χ1n) is 10.1. The quantitative estimate of drug-likeness (QED) is 0.378. The Balaban J connectivity index is 2.13. The summed E-state index contributed by atoms with van der Waals surface area (Å²) in [5, 5.41) is 14.7. The van der Waals surface area contributed by atoms with Crippen LogP contribution < -0.4 is 22.1 Å². The van der Waals surface area contributed by atoms with Crippen LogP contribution in [0.5, 0.6) is 5.75 Å². The lowest BCUT2D eigenvalue weighted by atomic mass is 10.0. The second-order valence-electron chi connectivity index (χ2n) is 7.86. The van der Waals surface area contributed by atoms with Crippen LogP contribution in [0.2, 0.25) is 0 Å². The van der Waals surface area contributed by atoms with Crippen LogP contribution in [0.3, 0.4) is 0 Å². The molecule has 2 rings (SSSR count). The molecule has 8 nitrogen and oxygen atoms in total. The summed E-state index contributed by atoms with van der Waals surface area (Å²) in [5.41, 5.74) is 13.1. The number of nitrogens with one attached hydrogen (secondary N) is 2. The number of aromatic hydroxyl groups is 1. The number of hydrogen-bond acceptors (Lipinski definition) is 5. The molecule has 0 heterocycles. The van der Waals surface area contributed by atoms with Gasteiger partial charge in [-0.2, -0.15) is 0 Å². The fourth-order valence-corrected chi connectivity index (χ4v) is 3.14. The molecule has 0 aliphatic heterocycles. The van der Waals surface area contributed by atoms with E-state index >= 15 is 0 Å². The Morgan fingerprint density at radius 2 is 1.45 bits per heavy atom. The van der Waals surface area contributed by atoms with Gasteiger partial charge in [0.25, 0.3) is 0 Å². The van der Waals surface area contributed by atoms with E-state index in [9.17, 15) is 19.5 Å². The zero-order chi connectivity index (χ0) is 23.0. The summed E-state index contributed by atoms with van der Waals surface area (Å²) in [6.07, 6.45) is 0.468. The van der Waals surface area contributed by atoms with Gasteiger partial charge in [-0.05, 0) is 35.6 Å². The minimum Gasteiger partial charge on any atom is -0.508 e. The van der Waals surface area contributed by atoms with Crippen LogP contribution in [-0.2, 0) is 27.2 Å². The van der Waals surface area contributed by atoms with Crippen LogP contribution in [0.15, 0.2) is 54.6 Å². The van der Waals surface area contributed by atoms with E-state index in [4.69, 9.17) is 11.5 Å². The van der Waals surface area contributed by atoms with Gasteiger partial charge in [-0.25, -0.2) is 0 Å². The minimum absolute atomic E-state index is 0.121. The molecule has 0 saturated carbocycles. The fourth-order valence-electron chi connectivity index (χ4n) is 3.14. The number of primary amides is 1. The third-order valence-electron chi connectivity index (χ3n) is 4.92. The van der Waals surface area contributed by atoms with Gasteiger partial charge < -0.3 is 27.2 Å². The molecule has 31 heavy (non-hydrogen) atoms. The molecule has 0 aliphatic rings. The summed E-state index contributed by atoms with van der Waals surface area (Å²) in [6, 6.07) is 12.9. The number of hydrogen-bond donors (Lipinski definition) is 5. The smallest absolute Gasteiger partial charge is 0.243 e. The predicted octanol–water partition coefficient (Wildman–Crippen LogP) is 0.616. The van der Waals surface area contributed by atoms with Gasteiger partial charge in [0.1, 0.15) is 17.8 Å². The highest BCUT2D eigenvalue weighted by Crippen LogP contribution is 2.11. The van der Waals surface area contributed by atoms with Crippen molar-refractivity contribution in [1.29, 1.82) is 0 Å². The first kappa shape index (κ1) is 23.9. The third-order valence-corrected chi connectivity index (χ3v) is 4.92. The molecule has 2 aromatic rings. The first-order valence-corrected chi connectivity index (χ1v) is 10.1. The molecule has 7 N–H and O–H groups in total. The molecule has 0 radical (unpaired) electrons. The Morgan fingerprint density at radius 1 is 0.871 bits per heavy atom. The first-order chi connectivity index (χ1) is 14.7. The van der Waals surface area contributed by atoms with Crippen LogP contribution in [0, 0.1) is 5.92 Å². The van der Waals surface area contributed by atoms with Gasteiger partial charge in [-0.1, -0.05) is 56.3 Å². The lowest BCUT2D eigenvalue weighted by Gasteiger charge is -2.25. The zero-order valence-electron chi connectivity index (χ0n) is 17.7. The van der Waals surface area contributed by atoms with Gasteiger partial charge in [0.2, 0.25) is 17.7 Å². The van der Waals surface area contributed by atoms with Crippen molar-refractivity contribution in [3.05, 3.63) is 65.7 Å². The Hall–Kier alpha value is -3.39. The summed E-state index contributed by atoms with van der Waals surface area (Å²) in [4.78, 5) is 37.3. The molecular formula is C23H30N4O4.